The van der Waals surface area contributed by atoms with E-state index in [0.29, 0.717) is 32.5 Å². The van der Waals surface area contributed by atoms with Crippen molar-refractivity contribution in [3.63, 3.8) is 0 Å². The number of carbonyl (C=O) groups excluding carboxylic acids is 1. The van der Waals surface area contributed by atoms with Gasteiger partial charge in [0.15, 0.2) is 5.16 Å². The Kier molecular flexibility index (Phi) is 6.69. The van der Waals surface area contributed by atoms with Crippen LogP contribution in [0.5, 0.6) is 0 Å². The Balaban J connectivity index is 1.67. The number of carbonyl (C=O) groups is 1. The summed E-state index contributed by atoms with van der Waals surface area (Å²) in [6.07, 6.45) is 0. The zero-order valence-corrected chi connectivity index (χ0v) is 20.5. The third kappa shape index (κ3) is 4.75. The van der Waals surface area contributed by atoms with Crippen LogP contribution < -0.4 is 10.9 Å². The van der Waals surface area contributed by atoms with Crippen molar-refractivity contribution in [1.29, 1.82) is 0 Å². The number of hydrogen-bond acceptors (Lipinski definition) is 4. The lowest BCUT2D eigenvalue weighted by atomic mass is 10.2. The van der Waals surface area contributed by atoms with Crippen LogP contribution in [-0.4, -0.2) is 21.2 Å². The number of anilines is 1. The number of halogens is 2. The molecule has 1 aromatic heterocycles. The fraction of sp³-hybridized carbons (Fsp3) is 0.125. The number of nitrogens with one attached hydrogen (secondary N) is 1. The van der Waals surface area contributed by atoms with Gasteiger partial charge in [-0.05, 0) is 67.4 Å². The fourth-order valence-corrected chi connectivity index (χ4v) is 4.44. The second-order valence-corrected chi connectivity index (χ2v) is 9.49. The number of nitrogens with zero attached hydrogens (tertiary/aromatic N) is 2. The molecule has 0 atom stereocenters. The number of aryl methyl sites for hydroxylation is 2. The molecule has 0 saturated carbocycles. The van der Waals surface area contributed by atoms with Crippen molar-refractivity contribution in [2.24, 2.45) is 0 Å². The van der Waals surface area contributed by atoms with Crippen LogP contribution in [0.15, 0.2) is 75.1 Å². The summed E-state index contributed by atoms with van der Waals surface area (Å²) in [5.74, 6) is -0.0907. The lowest BCUT2D eigenvalue weighted by Crippen LogP contribution is -2.23. The van der Waals surface area contributed by atoms with E-state index in [1.54, 1.807) is 24.3 Å². The normalized spacial score (nSPS) is 11.0. The molecule has 0 radical (unpaired) electrons. The molecule has 5 nitrogen and oxygen atoms in total. The van der Waals surface area contributed by atoms with Crippen LogP contribution >= 0.6 is 39.3 Å². The van der Waals surface area contributed by atoms with Crippen LogP contribution in [0.3, 0.4) is 0 Å². The molecular formula is C24H19BrClN3O2S. The summed E-state index contributed by atoms with van der Waals surface area (Å²) in [7, 11) is 0. The van der Waals surface area contributed by atoms with E-state index in [2.05, 4.69) is 26.2 Å². The first kappa shape index (κ1) is 22.6. The molecule has 0 bridgehead atoms. The van der Waals surface area contributed by atoms with Crippen LogP contribution in [0.25, 0.3) is 16.6 Å². The van der Waals surface area contributed by atoms with Gasteiger partial charge in [-0.1, -0.05) is 57.5 Å². The zero-order valence-electron chi connectivity index (χ0n) is 17.4. The van der Waals surface area contributed by atoms with Gasteiger partial charge in [-0.2, -0.15) is 0 Å². The van der Waals surface area contributed by atoms with E-state index in [9.17, 15) is 9.59 Å². The third-order valence-corrected chi connectivity index (χ3v) is 7.17. The Morgan fingerprint density at radius 3 is 2.62 bits per heavy atom. The smallest absolute Gasteiger partial charge is 0.266 e. The number of para-hydroxylation sites is 1. The van der Waals surface area contributed by atoms with Gasteiger partial charge in [-0.25, -0.2) is 4.98 Å². The van der Waals surface area contributed by atoms with Crippen molar-refractivity contribution in [3.8, 4) is 5.69 Å². The van der Waals surface area contributed by atoms with Gasteiger partial charge in [0.25, 0.3) is 5.56 Å². The Bertz CT molecular complexity index is 1400. The van der Waals surface area contributed by atoms with E-state index < -0.39 is 0 Å². The van der Waals surface area contributed by atoms with E-state index in [4.69, 9.17) is 11.6 Å². The van der Waals surface area contributed by atoms with Gasteiger partial charge in [0.2, 0.25) is 5.91 Å². The van der Waals surface area contributed by atoms with Crippen LogP contribution in [-0.2, 0) is 4.79 Å². The van der Waals surface area contributed by atoms with E-state index in [1.165, 1.54) is 16.3 Å². The summed E-state index contributed by atoms with van der Waals surface area (Å²) in [4.78, 5) is 30.6. The molecule has 0 aliphatic carbocycles. The molecule has 8 heteroatoms. The van der Waals surface area contributed by atoms with Crippen molar-refractivity contribution in [2.45, 2.75) is 19.0 Å². The standard InChI is InChI=1S/C24H19BrClN3O2S/c1-14-7-9-17(12-20(14)26)29-23(31)18-5-3-4-6-21(18)28-24(29)32-13-22(30)27-16-8-10-19(25)15(2)11-16/h3-12H,13H2,1-2H3,(H,27,30). The summed E-state index contributed by atoms with van der Waals surface area (Å²) in [6, 6.07) is 18.2. The quantitative estimate of drug-likeness (QED) is 0.249. The van der Waals surface area contributed by atoms with Gasteiger partial charge in [0.1, 0.15) is 0 Å². The highest BCUT2D eigenvalue weighted by atomic mass is 79.9. The second-order valence-electron chi connectivity index (χ2n) is 7.29. The third-order valence-electron chi connectivity index (χ3n) is 4.93. The van der Waals surface area contributed by atoms with Crippen LogP contribution in [0.1, 0.15) is 11.1 Å². The second kappa shape index (κ2) is 9.48. The maximum absolute atomic E-state index is 13.3. The van der Waals surface area contributed by atoms with Crippen LogP contribution in [0.2, 0.25) is 5.02 Å². The number of benzene rings is 3. The number of hydrogen-bond donors (Lipinski definition) is 1. The van der Waals surface area contributed by atoms with Crippen molar-refractivity contribution in [3.05, 3.63) is 91.6 Å². The molecule has 32 heavy (non-hydrogen) atoms. The molecule has 1 amide bonds. The maximum Gasteiger partial charge on any atom is 0.266 e. The fourth-order valence-electron chi connectivity index (χ4n) is 3.21. The average Bonchev–Trinajstić information content (AvgIpc) is 2.77. The number of rotatable bonds is 5. The van der Waals surface area contributed by atoms with Crippen molar-refractivity contribution < 1.29 is 4.79 Å². The van der Waals surface area contributed by atoms with Crippen molar-refractivity contribution in [2.75, 3.05) is 11.1 Å². The Morgan fingerprint density at radius 1 is 1.09 bits per heavy atom. The highest BCUT2D eigenvalue weighted by molar-refractivity contribution is 9.10. The molecule has 1 N–H and O–H groups in total. The van der Waals surface area contributed by atoms with Crippen LogP contribution in [0.4, 0.5) is 5.69 Å². The minimum atomic E-state index is -0.207. The first-order valence-corrected chi connectivity index (χ1v) is 12.0. The number of amides is 1. The molecule has 0 aliphatic heterocycles. The molecule has 3 aromatic carbocycles. The topological polar surface area (TPSA) is 64.0 Å². The largest absolute Gasteiger partial charge is 0.325 e. The molecule has 0 unspecified atom stereocenters. The Morgan fingerprint density at radius 2 is 1.88 bits per heavy atom. The van der Waals surface area contributed by atoms with Crippen molar-refractivity contribution in [1.82, 2.24) is 9.55 Å². The first-order chi connectivity index (χ1) is 15.3. The number of aromatic nitrogens is 2. The van der Waals surface area contributed by atoms with Gasteiger partial charge in [0, 0.05) is 15.2 Å². The maximum atomic E-state index is 13.3. The monoisotopic (exact) mass is 527 g/mol. The van der Waals surface area contributed by atoms with E-state index in [-0.39, 0.29) is 17.2 Å². The Labute approximate surface area is 203 Å². The van der Waals surface area contributed by atoms with Gasteiger partial charge in [-0.15, -0.1) is 0 Å². The van der Waals surface area contributed by atoms with Gasteiger partial charge in [0.05, 0.1) is 22.3 Å². The van der Waals surface area contributed by atoms with Crippen molar-refractivity contribution >= 4 is 61.8 Å². The van der Waals surface area contributed by atoms with E-state index in [1.807, 2.05) is 50.2 Å². The van der Waals surface area contributed by atoms with Crippen LogP contribution in [0, 0.1) is 13.8 Å². The van der Waals surface area contributed by atoms with Gasteiger partial charge in [-0.3, -0.25) is 14.2 Å². The Hall–Kier alpha value is -2.61. The lowest BCUT2D eigenvalue weighted by Gasteiger charge is -2.14. The van der Waals surface area contributed by atoms with E-state index >= 15 is 0 Å². The molecule has 0 aliphatic rings. The highest BCUT2D eigenvalue weighted by Crippen LogP contribution is 2.25. The SMILES string of the molecule is Cc1ccc(-n2c(SCC(=O)Nc3ccc(Br)c(C)c3)nc3ccccc3c2=O)cc1Cl. The lowest BCUT2D eigenvalue weighted by molar-refractivity contribution is -0.113. The zero-order chi connectivity index (χ0) is 22.8. The summed E-state index contributed by atoms with van der Waals surface area (Å²) < 4.78 is 2.49. The molecule has 0 saturated heterocycles. The molecule has 1 heterocycles. The molecule has 162 valence electrons. The minimum Gasteiger partial charge on any atom is -0.325 e. The number of thioether (sulfide) groups is 1. The highest BCUT2D eigenvalue weighted by Gasteiger charge is 2.15. The van der Waals surface area contributed by atoms with Gasteiger partial charge < -0.3 is 5.32 Å². The van der Waals surface area contributed by atoms with Gasteiger partial charge >= 0.3 is 0 Å². The number of fused-ring (bicyclic) bond motifs is 1. The summed E-state index contributed by atoms with van der Waals surface area (Å²) >= 11 is 11.0. The predicted molar refractivity (Wildman–Crippen MR) is 135 cm³/mol. The predicted octanol–water partition coefficient (Wildman–Crippen LogP) is 6.15. The molecule has 0 spiro atoms. The summed E-state index contributed by atoms with van der Waals surface area (Å²) in [5, 5.41) is 4.38. The summed E-state index contributed by atoms with van der Waals surface area (Å²) in [5.41, 5.74) is 3.63. The molecule has 4 aromatic rings. The molecular weight excluding hydrogens is 510 g/mol. The molecule has 0 fully saturated rings. The minimum absolute atomic E-state index is 0.0967. The summed E-state index contributed by atoms with van der Waals surface area (Å²) in [6.45, 7) is 3.86. The van der Waals surface area contributed by atoms with E-state index in [0.717, 1.165) is 15.6 Å². The average molecular weight is 529 g/mol. The molecule has 4 rings (SSSR count). The first-order valence-electron chi connectivity index (χ1n) is 9.80.